The van der Waals surface area contributed by atoms with Gasteiger partial charge in [0.15, 0.2) is 5.96 Å². The second-order valence-corrected chi connectivity index (χ2v) is 5.72. The van der Waals surface area contributed by atoms with E-state index in [0.29, 0.717) is 6.54 Å². The van der Waals surface area contributed by atoms with Crippen molar-refractivity contribution in [1.29, 1.82) is 0 Å². The third-order valence-corrected chi connectivity index (χ3v) is 3.54. The Morgan fingerprint density at radius 3 is 2.82 bits per heavy atom. The zero-order valence-corrected chi connectivity index (χ0v) is 14.6. The van der Waals surface area contributed by atoms with E-state index in [2.05, 4.69) is 41.4 Å². The van der Waals surface area contributed by atoms with Gasteiger partial charge in [-0.25, -0.2) is 0 Å². The molecule has 0 aliphatic carbocycles. The normalized spacial score (nSPS) is 20.1. The molecular formula is C16H34N4O2. The molecular weight excluding hydrogens is 280 g/mol. The summed E-state index contributed by atoms with van der Waals surface area (Å²) in [7, 11) is 2.13. The van der Waals surface area contributed by atoms with Gasteiger partial charge in [0.1, 0.15) is 0 Å². The maximum atomic E-state index is 5.73. The SMILES string of the molecule is CCCCOCCCNC(=NCC1CN(C)CCO1)NCC. The van der Waals surface area contributed by atoms with Gasteiger partial charge >= 0.3 is 0 Å². The van der Waals surface area contributed by atoms with Crippen LogP contribution in [0.15, 0.2) is 4.99 Å². The van der Waals surface area contributed by atoms with E-state index in [4.69, 9.17) is 9.47 Å². The highest BCUT2D eigenvalue weighted by Crippen LogP contribution is 2.02. The minimum atomic E-state index is 0.201. The molecule has 6 nitrogen and oxygen atoms in total. The zero-order valence-electron chi connectivity index (χ0n) is 14.6. The van der Waals surface area contributed by atoms with E-state index >= 15 is 0 Å². The first kappa shape index (κ1) is 19.2. The van der Waals surface area contributed by atoms with Crippen LogP contribution in [-0.4, -0.2) is 76.6 Å². The van der Waals surface area contributed by atoms with E-state index in [9.17, 15) is 0 Å². The quantitative estimate of drug-likeness (QED) is 0.359. The summed E-state index contributed by atoms with van der Waals surface area (Å²) >= 11 is 0. The van der Waals surface area contributed by atoms with Crippen LogP contribution in [0.2, 0.25) is 0 Å². The van der Waals surface area contributed by atoms with Crippen molar-refractivity contribution in [2.45, 2.75) is 39.2 Å². The maximum Gasteiger partial charge on any atom is 0.191 e. The summed E-state index contributed by atoms with van der Waals surface area (Å²) in [5.74, 6) is 0.868. The Balaban J connectivity index is 2.18. The fourth-order valence-corrected chi connectivity index (χ4v) is 2.24. The van der Waals surface area contributed by atoms with Crippen LogP contribution in [0.25, 0.3) is 0 Å². The smallest absolute Gasteiger partial charge is 0.191 e. The average molecular weight is 314 g/mol. The lowest BCUT2D eigenvalue weighted by Gasteiger charge is -2.29. The van der Waals surface area contributed by atoms with Crippen molar-refractivity contribution in [2.75, 3.05) is 59.6 Å². The molecule has 1 fully saturated rings. The molecule has 0 saturated carbocycles. The Kier molecular flexibility index (Phi) is 11.1. The maximum absolute atomic E-state index is 5.73. The number of ether oxygens (including phenoxy) is 2. The molecule has 22 heavy (non-hydrogen) atoms. The number of hydrogen-bond acceptors (Lipinski definition) is 4. The van der Waals surface area contributed by atoms with Gasteiger partial charge in [-0.3, -0.25) is 4.99 Å². The molecule has 0 aromatic rings. The number of rotatable bonds is 10. The Morgan fingerprint density at radius 2 is 2.09 bits per heavy atom. The lowest BCUT2D eigenvalue weighted by molar-refractivity contribution is -0.0136. The lowest BCUT2D eigenvalue weighted by Crippen LogP contribution is -2.43. The first-order valence-electron chi connectivity index (χ1n) is 8.66. The molecule has 1 aliphatic rings. The van der Waals surface area contributed by atoms with Crippen LogP contribution < -0.4 is 10.6 Å². The highest BCUT2D eigenvalue weighted by atomic mass is 16.5. The second kappa shape index (κ2) is 12.7. The molecule has 130 valence electrons. The van der Waals surface area contributed by atoms with E-state index in [-0.39, 0.29) is 6.10 Å². The Labute approximate surface area is 135 Å². The number of likely N-dealkylation sites (N-methyl/N-ethyl adjacent to an activating group) is 1. The van der Waals surface area contributed by atoms with Crippen LogP contribution in [0.1, 0.15) is 33.1 Å². The molecule has 1 rings (SSSR count). The Hall–Kier alpha value is -0.850. The number of hydrogen-bond donors (Lipinski definition) is 2. The molecule has 1 heterocycles. The van der Waals surface area contributed by atoms with Crippen molar-refractivity contribution in [3.05, 3.63) is 0 Å². The Bertz CT molecular complexity index is 300. The summed E-state index contributed by atoms with van der Waals surface area (Å²) in [5.41, 5.74) is 0. The molecule has 0 aromatic carbocycles. The predicted molar refractivity (Wildman–Crippen MR) is 91.6 cm³/mol. The van der Waals surface area contributed by atoms with Gasteiger partial charge in [-0.2, -0.15) is 0 Å². The van der Waals surface area contributed by atoms with Gasteiger partial charge in [-0.15, -0.1) is 0 Å². The minimum absolute atomic E-state index is 0.201. The van der Waals surface area contributed by atoms with Crippen molar-refractivity contribution < 1.29 is 9.47 Å². The molecule has 0 bridgehead atoms. The number of guanidine groups is 1. The molecule has 1 saturated heterocycles. The lowest BCUT2D eigenvalue weighted by atomic mass is 10.3. The first-order chi connectivity index (χ1) is 10.8. The molecule has 1 unspecified atom stereocenters. The fraction of sp³-hybridized carbons (Fsp3) is 0.938. The highest BCUT2D eigenvalue weighted by Gasteiger charge is 2.17. The molecule has 2 N–H and O–H groups in total. The largest absolute Gasteiger partial charge is 0.381 e. The zero-order chi connectivity index (χ0) is 16.0. The van der Waals surface area contributed by atoms with Gasteiger partial charge in [-0.1, -0.05) is 13.3 Å². The van der Waals surface area contributed by atoms with Crippen LogP contribution >= 0.6 is 0 Å². The van der Waals surface area contributed by atoms with Gasteiger partial charge in [0.2, 0.25) is 0 Å². The summed E-state index contributed by atoms with van der Waals surface area (Å²) in [4.78, 5) is 6.91. The van der Waals surface area contributed by atoms with Crippen LogP contribution in [0.3, 0.4) is 0 Å². The first-order valence-corrected chi connectivity index (χ1v) is 8.66. The van der Waals surface area contributed by atoms with Crippen molar-refractivity contribution in [2.24, 2.45) is 4.99 Å². The number of nitrogens with zero attached hydrogens (tertiary/aromatic N) is 2. The standard InChI is InChI=1S/C16H34N4O2/c1-4-6-10-21-11-7-8-18-16(17-5-2)19-13-15-14-20(3)9-12-22-15/h15H,4-14H2,1-3H3,(H2,17,18,19). The third-order valence-electron chi connectivity index (χ3n) is 3.54. The third kappa shape index (κ3) is 9.23. The van der Waals surface area contributed by atoms with E-state index in [0.717, 1.165) is 64.8 Å². The minimum Gasteiger partial charge on any atom is -0.381 e. The van der Waals surface area contributed by atoms with Crippen molar-refractivity contribution in [1.82, 2.24) is 15.5 Å². The van der Waals surface area contributed by atoms with Gasteiger partial charge in [-0.05, 0) is 26.8 Å². The Morgan fingerprint density at radius 1 is 1.27 bits per heavy atom. The average Bonchev–Trinajstić information content (AvgIpc) is 2.51. The summed E-state index contributed by atoms with van der Waals surface area (Å²) in [6.07, 6.45) is 3.53. The van der Waals surface area contributed by atoms with E-state index in [1.165, 1.54) is 6.42 Å². The van der Waals surface area contributed by atoms with Crippen LogP contribution in [-0.2, 0) is 9.47 Å². The summed E-state index contributed by atoms with van der Waals surface area (Å²) in [6.45, 7) is 11.1. The molecule has 0 radical (unpaired) electrons. The van der Waals surface area contributed by atoms with Gasteiger partial charge in [0.05, 0.1) is 19.3 Å². The van der Waals surface area contributed by atoms with Crippen LogP contribution in [0.5, 0.6) is 0 Å². The van der Waals surface area contributed by atoms with Crippen molar-refractivity contribution in [3.63, 3.8) is 0 Å². The number of morpholine rings is 1. The monoisotopic (exact) mass is 314 g/mol. The molecule has 0 spiro atoms. The molecule has 0 amide bonds. The highest BCUT2D eigenvalue weighted by molar-refractivity contribution is 5.79. The number of aliphatic imine (C=N–C) groups is 1. The van der Waals surface area contributed by atoms with Gasteiger partial charge in [0.25, 0.3) is 0 Å². The summed E-state index contributed by atoms with van der Waals surface area (Å²) in [6, 6.07) is 0. The molecule has 1 atom stereocenters. The van der Waals surface area contributed by atoms with Gasteiger partial charge in [0, 0.05) is 39.4 Å². The molecule has 1 aliphatic heterocycles. The molecule has 0 aromatic heterocycles. The van der Waals surface area contributed by atoms with Crippen LogP contribution in [0.4, 0.5) is 0 Å². The van der Waals surface area contributed by atoms with Crippen LogP contribution in [0, 0.1) is 0 Å². The number of unbranched alkanes of at least 4 members (excludes halogenated alkanes) is 1. The summed E-state index contributed by atoms with van der Waals surface area (Å²) < 4.78 is 11.3. The van der Waals surface area contributed by atoms with Crippen molar-refractivity contribution in [3.8, 4) is 0 Å². The van der Waals surface area contributed by atoms with E-state index in [1.54, 1.807) is 0 Å². The van der Waals surface area contributed by atoms with E-state index < -0.39 is 0 Å². The predicted octanol–water partition coefficient (Wildman–Crippen LogP) is 1.08. The van der Waals surface area contributed by atoms with Gasteiger partial charge < -0.3 is 25.0 Å². The molecule has 6 heteroatoms. The van der Waals surface area contributed by atoms with E-state index in [1.807, 2.05) is 0 Å². The summed E-state index contributed by atoms with van der Waals surface area (Å²) in [5, 5.41) is 6.63. The second-order valence-electron chi connectivity index (χ2n) is 5.72. The number of nitrogens with one attached hydrogen (secondary N) is 2. The fourth-order valence-electron chi connectivity index (χ4n) is 2.24. The topological polar surface area (TPSA) is 58.1 Å². The van der Waals surface area contributed by atoms with Crippen molar-refractivity contribution >= 4 is 5.96 Å².